The highest BCUT2D eigenvalue weighted by Gasteiger charge is 2.22. The molecular formula is C12H24N2. The van der Waals surface area contributed by atoms with Crippen LogP contribution in [0.3, 0.4) is 0 Å². The van der Waals surface area contributed by atoms with E-state index >= 15 is 0 Å². The molecule has 0 aliphatic heterocycles. The smallest absolute Gasteiger partial charge is 0.0107 e. The molecule has 0 heterocycles. The van der Waals surface area contributed by atoms with Crippen LogP contribution in [0.5, 0.6) is 0 Å². The van der Waals surface area contributed by atoms with Crippen molar-refractivity contribution in [2.75, 3.05) is 26.2 Å². The molecule has 2 aliphatic carbocycles. The first-order valence-electron chi connectivity index (χ1n) is 6.34. The van der Waals surface area contributed by atoms with Crippen LogP contribution in [0, 0.1) is 5.92 Å². The van der Waals surface area contributed by atoms with E-state index in [1.54, 1.807) is 0 Å². The molecule has 2 rings (SSSR count). The normalized spacial score (nSPS) is 22.7. The molecule has 2 aliphatic rings. The molecule has 0 atom stereocenters. The Bertz CT molecular complexity index is 162. The number of rotatable bonds is 7. The molecule has 2 nitrogen and oxygen atoms in total. The molecule has 1 N–H and O–H groups in total. The average Bonchev–Trinajstić information content (AvgIpc) is 2.91. The van der Waals surface area contributed by atoms with E-state index in [-0.39, 0.29) is 0 Å². The first kappa shape index (κ1) is 10.4. The third kappa shape index (κ3) is 3.25. The lowest BCUT2D eigenvalue weighted by Crippen LogP contribution is -2.37. The Morgan fingerprint density at radius 1 is 1.21 bits per heavy atom. The Kier molecular flexibility index (Phi) is 3.82. The van der Waals surface area contributed by atoms with Gasteiger partial charge in [0, 0.05) is 25.7 Å². The molecule has 2 heteroatoms. The summed E-state index contributed by atoms with van der Waals surface area (Å²) in [5.41, 5.74) is 0. The van der Waals surface area contributed by atoms with Gasteiger partial charge in [-0.1, -0.05) is 13.3 Å². The van der Waals surface area contributed by atoms with Crippen molar-refractivity contribution in [2.24, 2.45) is 5.92 Å². The van der Waals surface area contributed by atoms with Gasteiger partial charge in [0.25, 0.3) is 0 Å². The van der Waals surface area contributed by atoms with Crippen LogP contribution in [-0.2, 0) is 0 Å². The van der Waals surface area contributed by atoms with Crippen LogP contribution >= 0.6 is 0 Å². The maximum atomic E-state index is 3.59. The molecule has 0 radical (unpaired) electrons. The van der Waals surface area contributed by atoms with Gasteiger partial charge in [-0.3, -0.25) is 0 Å². The fourth-order valence-corrected chi connectivity index (χ4v) is 2.13. The van der Waals surface area contributed by atoms with Crippen LogP contribution in [0.4, 0.5) is 0 Å². The topological polar surface area (TPSA) is 15.3 Å². The zero-order valence-corrected chi connectivity index (χ0v) is 9.47. The zero-order valence-electron chi connectivity index (χ0n) is 9.47. The second kappa shape index (κ2) is 5.13. The molecule has 2 fully saturated rings. The molecular weight excluding hydrogens is 172 g/mol. The van der Waals surface area contributed by atoms with Crippen molar-refractivity contribution in [1.29, 1.82) is 0 Å². The van der Waals surface area contributed by atoms with Crippen molar-refractivity contribution in [1.82, 2.24) is 10.2 Å². The van der Waals surface area contributed by atoms with Gasteiger partial charge in [-0.05, 0) is 38.1 Å². The number of nitrogens with zero attached hydrogens (tertiary/aromatic N) is 1. The minimum atomic E-state index is 0.873. The Hall–Kier alpha value is -0.0800. The zero-order chi connectivity index (χ0) is 9.80. The minimum Gasteiger partial charge on any atom is -0.313 e. The highest BCUT2D eigenvalue weighted by molar-refractivity contribution is 4.81. The maximum Gasteiger partial charge on any atom is 0.0107 e. The van der Waals surface area contributed by atoms with Crippen LogP contribution in [0.2, 0.25) is 0 Å². The van der Waals surface area contributed by atoms with E-state index in [0.29, 0.717) is 0 Å². The molecule has 0 unspecified atom stereocenters. The summed E-state index contributed by atoms with van der Waals surface area (Å²) in [5, 5.41) is 3.59. The van der Waals surface area contributed by atoms with Crippen molar-refractivity contribution in [3.8, 4) is 0 Å². The molecule has 14 heavy (non-hydrogen) atoms. The molecule has 0 bridgehead atoms. The van der Waals surface area contributed by atoms with E-state index in [0.717, 1.165) is 12.0 Å². The fraction of sp³-hybridized carbons (Fsp3) is 1.00. The van der Waals surface area contributed by atoms with Gasteiger partial charge in [0.05, 0.1) is 0 Å². The van der Waals surface area contributed by atoms with Gasteiger partial charge < -0.3 is 10.2 Å². The number of hydrogen-bond donors (Lipinski definition) is 1. The third-order valence-corrected chi connectivity index (χ3v) is 3.63. The van der Waals surface area contributed by atoms with Crippen molar-refractivity contribution >= 4 is 0 Å². The summed E-state index contributed by atoms with van der Waals surface area (Å²) >= 11 is 0. The molecule has 0 aromatic carbocycles. The van der Waals surface area contributed by atoms with E-state index in [1.165, 1.54) is 58.3 Å². The second-order valence-corrected chi connectivity index (χ2v) is 4.92. The standard InChI is InChI=1S/C12H24N2/c1-2-14(10-11-4-3-5-11)9-8-13-12-6-7-12/h11-13H,2-10H2,1H3. The molecule has 82 valence electrons. The first-order chi connectivity index (χ1) is 6.88. The summed E-state index contributed by atoms with van der Waals surface area (Å²) in [4.78, 5) is 2.61. The number of nitrogens with one attached hydrogen (secondary N) is 1. The first-order valence-corrected chi connectivity index (χ1v) is 6.34. The summed E-state index contributed by atoms with van der Waals surface area (Å²) in [6, 6.07) is 0.873. The molecule has 0 spiro atoms. The highest BCUT2D eigenvalue weighted by Crippen LogP contribution is 2.26. The van der Waals surface area contributed by atoms with Crippen LogP contribution < -0.4 is 5.32 Å². The van der Waals surface area contributed by atoms with Crippen molar-refractivity contribution in [3.63, 3.8) is 0 Å². The van der Waals surface area contributed by atoms with Gasteiger partial charge in [0.1, 0.15) is 0 Å². The van der Waals surface area contributed by atoms with Gasteiger partial charge in [0.15, 0.2) is 0 Å². The van der Waals surface area contributed by atoms with Crippen LogP contribution in [0.25, 0.3) is 0 Å². The Balaban J connectivity index is 1.54. The van der Waals surface area contributed by atoms with Crippen molar-refractivity contribution in [2.45, 2.75) is 45.1 Å². The molecule has 0 aromatic rings. The molecule has 2 saturated carbocycles. The minimum absolute atomic E-state index is 0.873. The van der Waals surface area contributed by atoms with E-state index in [4.69, 9.17) is 0 Å². The lowest BCUT2D eigenvalue weighted by Gasteiger charge is -2.31. The van der Waals surface area contributed by atoms with Gasteiger partial charge in [-0.2, -0.15) is 0 Å². The van der Waals surface area contributed by atoms with Crippen molar-refractivity contribution < 1.29 is 0 Å². The second-order valence-electron chi connectivity index (χ2n) is 4.92. The number of hydrogen-bond acceptors (Lipinski definition) is 2. The predicted octanol–water partition coefficient (Wildman–Crippen LogP) is 1.86. The maximum absolute atomic E-state index is 3.59. The largest absolute Gasteiger partial charge is 0.313 e. The lowest BCUT2D eigenvalue weighted by molar-refractivity contribution is 0.184. The molecule has 0 aromatic heterocycles. The SMILES string of the molecule is CCN(CCNC1CC1)CC1CCC1. The van der Waals surface area contributed by atoms with Crippen molar-refractivity contribution in [3.05, 3.63) is 0 Å². The lowest BCUT2D eigenvalue weighted by atomic mass is 9.85. The summed E-state index contributed by atoms with van der Waals surface area (Å²) in [6.07, 6.45) is 7.26. The predicted molar refractivity (Wildman–Crippen MR) is 60.5 cm³/mol. The van der Waals surface area contributed by atoms with Crippen LogP contribution in [-0.4, -0.2) is 37.1 Å². The molecule has 0 amide bonds. The van der Waals surface area contributed by atoms with E-state index in [9.17, 15) is 0 Å². The van der Waals surface area contributed by atoms with E-state index < -0.39 is 0 Å². The van der Waals surface area contributed by atoms with E-state index in [1.807, 2.05) is 0 Å². The molecule has 0 saturated heterocycles. The van der Waals surface area contributed by atoms with Crippen LogP contribution in [0.1, 0.15) is 39.0 Å². The summed E-state index contributed by atoms with van der Waals surface area (Å²) in [7, 11) is 0. The Morgan fingerprint density at radius 2 is 2.00 bits per heavy atom. The van der Waals surface area contributed by atoms with Gasteiger partial charge in [-0.25, -0.2) is 0 Å². The fourth-order valence-electron chi connectivity index (χ4n) is 2.13. The highest BCUT2D eigenvalue weighted by atomic mass is 15.1. The van der Waals surface area contributed by atoms with Crippen LogP contribution in [0.15, 0.2) is 0 Å². The van der Waals surface area contributed by atoms with Gasteiger partial charge in [-0.15, -0.1) is 0 Å². The number of likely N-dealkylation sites (N-methyl/N-ethyl adjacent to an activating group) is 1. The third-order valence-electron chi connectivity index (χ3n) is 3.63. The van der Waals surface area contributed by atoms with E-state index in [2.05, 4.69) is 17.1 Å². The monoisotopic (exact) mass is 196 g/mol. The summed E-state index contributed by atoms with van der Waals surface area (Å²) in [5.74, 6) is 1.02. The Labute approximate surface area is 88.1 Å². The summed E-state index contributed by atoms with van der Waals surface area (Å²) in [6.45, 7) is 7.32. The van der Waals surface area contributed by atoms with Gasteiger partial charge >= 0.3 is 0 Å². The Morgan fingerprint density at radius 3 is 2.50 bits per heavy atom. The summed E-state index contributed by atoms with van der Waals surface area (Å²) < 4.78 is 0. The quantitative estimate of drug-likeness (QED) is 0.668. The average molecular weight is 196 g/mol. The van der Waals surface area contributed by atoms with Gasteiger partial charge in [0.2, 0.25) is 0 Å².